The molecule has 2 rings (SSSR count). The first kappa shape index (κ1) is 16.6. The van der Waals surface area contributed by atoms with Crippen molar-refractivity contribution in [2.45, 2.75) is 20.3 Å². The molecule has 0 saturated heterocycles. The average Bonchev–Trinajstić information content (AvgIpc) is 2.50. The molecule has 0 bridgehead atoms. The van der Waals surface area contributed by atoms with Gasteiger partial charge in [-0.1, -0.05) is 0 Å². The molecule has 0 aromatic heterocycles. The third-order valence-electron chi connectivity index (χ3n) is 3.34. The molecule has 0 aliphatic rings. The number of phenolic OH excluding ortho intramolecular Hbond substituents is 2. The monoisotopic (exact) mass is 318 g/mol. The number of ether oxygens (including phenoxy) is 2. The van der Waals surface area contributed by atoms with Crippen LogP contribution in [0, 0.1) is 0 Å². The fourth-order valence-corrected chi connectivity index (χ4v) is 2.35. The van der Waals surface area contributed by atoms with E-state index in [1.54, 1.807) is 24.3 Å². The van der Waals surface area contributed by atoms with Crippen molar-refractivity contribution in [3.8, 4) is 23.0 Å². The van der Waals surface area contributed by atoms with Gasteiger partial charge in [0, 0.05) is 0 Å². The summed E-state index contributed by atoms with van der Waals surface area (Å²) in [6, 6.07) is 6.83. The lowest BCUT2D eigenvalue weighted by atomic mass is 10.0. The smallest absolute Gasteiger partial charge is 0.181 e. The SMILES string of the molecule is CCOc1cc(Cc2cc(N)c(O)c(OCC)c2)cc(N)c1O. The minimum Gasteiger partial charge on any atom is -0.503 e. The molecule has 0 fully saturated rings. The van der Waals surface area contributed by atoms with Crippen molar-refractivity contribution in [2.75, 3.05) is 24.7 Å². The van der Waals surface area contributed by atoms with Crippen molar-refractivity contribution in [2.24, 2.45) is 0 Å². The maximum absolute atomic E-state index is 9.89. The van der Waals surface area contributed by atoms with Crippen LogP contribution in [0.15, 0.2) is 24.3 Å². The second-order valence-electron chi connectivity index (χ2n) is 5.11. The maximum Gasteiger partial charge on any atom is 0.181 e. The van der Waals surface area contributed by atoms with Crippen LogP contribution in [0.5, 0.6) is 23.0 Å². The minimum absolute atomic E-state index is 0.0594. The van der Waals surface area contributed by atoms with Gasteiger partial charge in [-0.05, 0) is 55.7 Å². The highest BCUT2D eigenvalue weighted by Crippen LogP contribution is 2.37. The number of nitrogen functional groups attached to an aromatic ring is 2. The summed E-state index contributed by atoms with van der Waals surface area (Å²) in [5.41, 5.74) is 13.9. The van der Waals surface area contributed by atoms with Gasteiger partial charge in [0.2, 0.25) is 0 Å². The van der Waals surface area contributed by atoms with E-state index in [1.165, 1.54) is 0 Å². The van der Waals surface area contributed by atoms with Crippen molar-refractivity contribution in [1.82, 2.24) is 0 Å². The van der Waals surface area contributed by atoms with Gasteiger partial charge in [-0.25, -0.2) is 0 Å². The van der Waals surface area contributed by atoms with Gasteiger partial charge >= 0.3 is 0 Å². The van der Waals surface area contributed by atoms with Crippen molar-refractivity contribution >= 4 is 11.4 Å². The number of anilines is 2. The number of aromatic hydroxyl groups is 2. The molecule has 6 nitrogen and oxygen atoms in total. The van der Waals surface area contributed by atoms with E-state index < -0.39 is 0 Å². The van der Waals surface area contributed by atoms with E-state index in [2.05, 4.69) is 0 Å². The van der Waals surface area contributed by atoms with Gasteiger partial charge < -0.3 is 31.2 Å². The number of hydrogen-bond donors (Lipinski definition) is 4. The maximum atomic E-state index is 9.89. The van der Waals surface area contributed by atoms with Crippen LogP contribution in [0.2, 0.25) is 0 Å². The van der Waals surface area contributed by atoms with Crippen LogP contribution in [-0.2, 0) is 6.42 Å². The normalized spacial score (nSPS) is 10.5. The number of hydrogen-bond acceptors (Lipinski definition) is 6. The van der Waals surface area contributed by atoms with Crippen molar-refractivity contribution < 1.29 is 19.7 Å². The van der Waals surface area contributed by atoms with Gasteiger partial charge in [-0.15, -0.1) is 0 Å². The Morgan fingerprint density at radius 1 is 0.783 bits per heavy atom. The summed E-state index contributed by atoms with van der Waals surface area (Å²) >= 11 is 0. The highest BCUT2D eigenvalue weighted by molar-refractivity contribution is 5.64. The van der Waals surface area contributed by atoms with E-state index in [9.17, 15) is 10.2 Å². The lowest BCUT2D eigenvalue weighted by Crippen LogP contribution is -2.00. The molecule has 0 saturated carbocycles. The lowest BCUT2D eigenvalue weighted by Gasteiger charge is -2.13. The highest BCUT2D eigenvalue weighted by Gasteiger charge is 2.12. The molecule has 0 spiro atoms. The zero-order chi connectivity index (χ0) is 17.0. The van der Waals surface area contributed by atoms with Crippen LogP contribution in [0.4, 0.5) is 11.4 Å². The third kappa shape index (κ3) is 3.71. The van der Waals surface area contributed by atoms with E-state index in [1.807, 2.05) is 13.8 Å². The predicted octanol–water partition coefficient (Wildman–Crippen LogP) is 2.65. The van der Waals surface area contributed by atoms with Gasteiger partial charge in [-0.3, -0.25) is 0 Å². The molecule has 0 radical (unpaired) electrons. The van der Waals surface area contributed by atoms with Crippen molar-refractivity contribution in [3.05, 3.63) is 35.4 Å². The molecule has 23 heavy (non-hydrogen) atoms. The summed E-state index contributed by atoms with van der Waals surface area (Å²) in [5, 5.41) is 19.8. The molecule has 0 aliphatic heterocycles. The summed E-state index contributed by atoms with van der Waals surface area (Å²) in [6.45, 7) is 4.52. The van der Waals surface area contributed by atoms with E-state index in [-0.39, 0.29) is 22.9 Å². The topological polar surface area (TPSA) is 111 Å². The van der Waals surface area contributed by atoms with E-state index in [4.69, 9.17) is 20.9 Å². The summed E-state index contributed by atoms with van der Waals surface area (Å²) in [6.07, 6.45) is 0.509. The molecule has 0 heterocycles. The molecular weight excluding hydrogens is 296 g/mol. The summed E-state index contributed by atoms with van der Waals surface area (Å²) < 4.78 is 10.8. The second-order valence-corrected chi connectivity index (χ2v) is 5.11. The van der Waals surface area contributed by atoms with Gasteiger partial charge in [0.25, 0.3) is 0 Å². The average molecular weight is 318 g/mol. The molecule has 6 N–H and O–H groups in total. The van der Waals surface area contributed by atoms with Gasteiger partial charge in [0.05, 0.1) is 24.6 Å². The lowest BCUT2D eigenvalue weighted by molar-refractivity contribution is 0.318. The Bertz CT molecular complexity index is 642. The van der Waals surface area contributed by atoms with Crippen molar-refractivity contribution in [1.29, 1.82) is 0 Å². The molecule has 0 amide bonds. The summed E-state index contributed by atoms with van der Waals surface area (Å²) in [4.78, 5) is 0. The second kappa shape index (κ2) is 7.00. The van der Waals surface area contributed by atoms with Crippen LogP contribution >= 0.6 is 0 Å². The molecule has 0 aliphatic carbocycles. The first-order valence-electron chi connectivity index (χ1n) is 7.44. The van der Waals surface area contributed by atoms with Crippen LogP contribution in [0.3, 0.4) is 0 Å². The molecular formula is C17H22N2O4. The first-order chi connectivity index (χ1) is 11.0. The largest absolute Gasteiger partial charge is 0.503 e. The Kier molecular flexibility index (Phi) is 5.05. The number of phenols is 2. The molecule has 0 unspecified atom stereocenters. The highest BCUT2D eigenvalue weighted by atomic mass is 16.5. The van der Waals surface area contributed by atoms with E-state index >= 15 is 0 Å². The Morgan fingerprint density at radius 3 is 1.52 bits per heavy atom. The third-order valence-corrected chi connectivity index (χ3v) is 3.34. The summed E-state index contributed by atoms with van der Waals surface area (Å²) in [7, 11) is 0. The van der Waals surface area contributed by atoms with Gasteiger partial charge in [0.15, 0.2) is 23.0 Å². The van der Waals surface area contributed by atoms with Crippen LogP contribution in [0.1, 0.15) is 25.0 Å². The van der Waals surface area contributed by atoms with Crippen molar-refractivity contribution in [3.63, 3.8) is 0 Å². The standard InChI is InChI=1S/C17H22N2O4/c1-3-22-14-8-10(6-12(18)16(14)20)5-11-7-13(19)17(21)15(9-11)23-4-2/h6-9,20-21H,3-5,18-19H2,1-2H3. The zero-order valence-electron chi connectivity index (χ0n) is 13.3. The number of benzene rings is 2. The first-order valence-corrected chi connectivity index (χ1v) is 7.44. The Balaban J connectivity index is 2.35. The molecule has 2 aromatic carbocycles. The van der Waals surface area contributed by atoms with Gasteiger partial charge in [-0.2, -0.15) is 0 Å². The minimum atomic E-state index is -0.0594. The molecule has 0 atom stereocenters. The molecule has 2 aromatic rings. The molecule has 6 heteroatoms. The zero-order valence-corrected chi connectivity index (χ0v) is 13.3. The van der Waals surface area contributed by atoms with Crippen LogP contribution in [0.25, 0.3) is 0 Å². The van der Waals surface area contributed by atoms with E-state index in [0.29, 0.717) is 31.1 Å². The van der Waals surface area contributed by atoms with Gasteiger partial charge in [0.1, 0.15) is 0 Å². The Labute approximate surface area is 135 Å². The summed E-state index contributed by atoms with van der Waals surface area (Å²) in [5.74, 6) is 0.574. The number of rotatable bonds is 6. The van der Waals surface area contributed by atoms with Crippen LogP contribution < -0.4 is 20.9 Å². The Morgan fingerprint density at radius 2 is 1.17 bits per heavy atom. The Hall–Kier alpha value is -2.76. The quantitative estimate of drug-likeness (QED) is 0.481. The molecule has 124 valence electrons. The van der Waals surface area contributed by atoms with E-state index in [0.717, 1.165) is 11.1 Å². The van der Waals surface area contributed by atoms with Crippen LogP contribution in [-0.4, -0.2) is 23.4 Å². The number of nitrogens with two attached hydrogens (primary N) is 2. The predicted molar refractivity (Wildman–Crippen MR) is 90.2 cm³/mol. The fourth-order valence-electron chi connectivity index (χ4n) is 2.35. The fraction of sp³-hybridized carbons (Fsp3) is 0.294.